The van der Waals surface area contributed by atoms with E-state index in [9.17, 15) is 9.59 Å². The lowest BCUT2D eigenvalue weighted by Crippen LogP contribution is -2.49. The molecule has 0 spiro atoms. The van der Waals surface area contributed by atoms with Crippen LogP contribution in [0.15, 0.2) is 47.7 Å². The van der Waals surface area contributed by atoms with Gasteiger partial charge in [-0.1, -0.05) is 12.1 Å². The van der Waals surface area contributed by atoms with Gasteiger partial charge in [0.15, 0.2) is 0 Å². The molecule has 3 heterocycles. The predicted molar refractivity (Wildman–Crippen MR) is 113 cm³/mol. The van der Waals surface area contributed by atoms with Crippen molar-refractivity contribution in [1.82, 2.24) is 19.4 Å². The Labute approximate surface area is 174 Å². The van der Waals surface area contributed by atoms with E-state index in [0.29, 0.717) is 49.2 Å². The molecule has 0 unspecified atom stereocenters. The van der Waals surface area contributed by atoms with E-state index >= 15 is 0 Å². The fourth-order valence-corrected chi connectivity index (χ4v) is 3.72. The van der Waals surface area contributed by atoms with Gasteiger partial charge in [-0.3, -0.25) is 14.2 Å². The molecular weight excluding hydrogens is 380 g/mol. The van der Waals surface area contributed by atoms with Crippen molar-refractivity contribution in [2.24, 2.45) is 0 Å². The fourth-order valence-electron chi connectivity index (χ4n) is 3.72. The molecule has 2 aromatic heterocycles. The predicted octanol–water partition coefficient (Wildman–Crippen LogP) is 1.71. The number of anilines is 1. The van der Waals surface area contributed by atoms with Crippen molar-refractivity contribution in [1.29, 1.82) is 5.26 Å². The Hall–Kier alpha value is -3.73. The zero-order valence-electron chi connectivity index (χ0n) is 16.8. The van der Waals surface area contributed by atoms with E-state index in [1.807, 2.05) is 24.0 Å². The minimum Gasteiger partial charge on any atom is -0.353 e. The Bertz CT molecular complexity index is 1190. The molecule has 8 nitrogen and oxygen atoms in total. The molecule has 3 aromatic rings. The second-order valence-electron chi connectivity index (χ2n) is 7.35. The number of hydrogen-bond donors (Lipinski definition) is 0. The van der Waals surface area contributed by atoms with Crippen LogP contribution in [0.1, 0.15) is 17.5 Å². The average Bonchev–Trinajstić information content (AvgIpc) is 2.79. The van der Waals surface area contributed by atoms with E-state index in [1.54, 1.807) is 24.4 Å². The third-order valence-corrected chi connectivity index (χ3v) is 5.45. The summed E-state index contributed by atoms with van der Waals surface area (Å²) >= 11 is 0. The molecule has 152 valence electrons. The minimum absolute atomic E-state index is 0.0182. The van der Waals surface area contributed by atoms with Gasteiger partial charge in [-0.2, -0.15) is 5.26 Å². The van der Waals surface area contributed by atoms with Gasteiger partial charge < -0.3 is 9.80 Å². The topological polar surface area (TPSA) is 95.1 Å². The smallest absolute Gasteiger partial charge is 0.261 e. The molecule has 30 heavy (non-hydrogen) atoms. The maximum Gasteiger partial charge on any atom is 0.261 e. The molecule has 0 radical (unpaired) electrons. The first-order valence-electron chi connectivity index (χ1n) is 9.90. The summed E-state index contributed by atoms with van der Waals surface area (Å²) in [5.41, 5.74) is 2.11. The first-order chi connectivity index (χ1) is 14.6. The molecule has 1 aromatic carbocycles. The summed E-state index contributed by atoms with van der Waals surface area (Å²) in [5, 5.41) is 9.62. The highest BCUT2D eigenvalue weighted by atomic mass is 16.2. The number of nitrogens with zero attached hydrogens (tertiary/aromatic N) is 6. The molecule has 1 fully saturated rings. The van der Waals surface area contributed by atoms with Gasteiger partial charge in [-0.15, -0.1) is 0 Å². The average molecular weight is 402 g/mol. The van der Waals surface area contributed by atoms with Crippen molar-refractivity contribution in [3.8, 4) is 6.07 Å². The highest BCUT2D eigenvalue weighted by Crippen LogP contribution is 2.15. The fraction of sp³-hybridized carbons (Fsp3) is 0.318. The van der Waals surface area contributed by atoms with Crippen LogP contribution < -0.4 is 10.5 Å². The Morgan fingerprint density at radius 2 is 1.97 bits per heavy atom. The lowest BCUT2D eigenvalue weighted by Gasteiger charge is -2.35. The van der Waals surface area contributed by atoms with Crippen LogP contribution in [0.25, 0.3) is 10.9 Å². The number of fused-ring (bicyclic) bond motifs is 1. The molecule has 0 N–H and O–H groups in total. The first-order valence-corrected chi connectivity index (χ1v) is 9.90. The van der Waals surface area contributed by atoms with Crippen LogP contribution >= 0.6 is 0 Å². The van der Waals surface area contributed by atoms with E-state index in [1.165, 1.54) is 10.9 Å². The molecule has 0 bridgehead atoms. The van der Waals surface area contributed by atoms with Crippen molar-refractivity contribution < 1.29 is 4.79 Å². The number of aromatic nitrogens is 3. The van der Waals surface area contributed by atoms with Gasteiger partial charge in [0, 0.05) is 45.3 Å². The van der Waals surface area contributed by atoms with Crippen LogP contribution in [0, 0.1) is 18.3 Å². The maximum absolute atomic E-state index is 12.7. The number of nitriles is 1. The van der Waals surface area contributed by atoms with Crippen molar-refractivity contribution >= 4 is 22.6 Å². The van der Waals surface area contributed by atoms with Crippen molar-refractivity contribution in [3.05, 3.63) is 64.3 Å². The molecule has 8 heteroatoms. The quantitative estimate of drug-likeness (QED) is 0.659. The van der Waals surface area contributed by atoms with Gasteiger partial charge in [0.1, 0.15) is 5.82 Å². The lowest BCUT2D eigenvalue weighted by atomic mass is 10.1. The summed E-state index contributed by atoms with van der Waals surface area (Å²) < 4.78 is 1.51. The van der Waals surface area contributed by atoms with Crippen molar-refractivity contribution in [3.63, 3.8) is 0 Å². The van der Waals surface area contributed by atoms with Crippen LogP contribution in [0.2, 0.25) is 0 Å². The zero-order chi connectivity index (χ0) is 21.1. The number of carbonyl (C=O) groups is 1. The number of amides is 1. The molecule has 4 rings (SSSR count). The number of para-hydroxylation sites is 1. The Morgan fingerprint density at radius 1 is 1.17 bits per heavy atom. The third kappa shape index (κ3) is 3.87. The first kappa shape index (κ1) is 19.6. The second kappa shape index (κ2) is 8.33. The summed E-state index contributed by atoms with van der Waals surface area (Å²) in [5.74, 6) is 0.773. The molecule has 1 amide bonds. The van der Waals surface area contributed by atoms with Gasteiger partial charge in [0.05, 0.1) is 28.9 Å². The van der Waals surface area contributed by atoms with Gasteiger partial charge in [-0.25, -0.2) is 9.97 Å². The highest BCUT2D eigenvalue weighted by molar-refractivity contribution is 5.80. The van der Waals surface area contributed by atoms with Crippen molar-refractivity contribution in [2.45, 2.75) is 19.9 Å². The summed E-state index contributed by atoms with van der Waals surface area (Å²) in [7, 11) is 0. The third-order valence-electron chi connectivity index (χ3n) is 5.45. The van der Waals surface area contributed by atoms with E-state index in [0.717, 1.165) is 11.4 Å². The number of rotatable bonds is 4. The molecular formula is C22H22N6O2. The van der Waals surface area contributed by atoms with E-state index in [-0.39, 0.29) is 17.9 Å². The van der Waals surface area contributed by atoms with Crippen LogP contribution in [0.4, 0.5) is 5.82 Å². The van der Waals surface area contributed by atoms with Crippen LogP contribution in [0.3, 0.4) is 0 Å². The molecule has 1 aliphatic heterocycles. The largest absolute Gasteiger partial charge is 0.353 e. The standard InChI is InChI=1S/C22H22N6O2/c1-16-3-2-4-18-21(16)25-15-28(22(18)30)8-6-20(29)27-11-9-26(10-12-27)19-13-17(14-23)5-7-24-19/h2-5,7,13,15H,6,8-12H2,1H3. The molecule has 1 saturated heterocycles. The second-order valence-corrected chi connectivity index (χ2v) is 7.35. The number of piperazine rings is 1. The molecule has 0 saturated carbocycles. The van der Waals surface area contributed by atoms with Gasteiger partial charge in [0.2, 0.25) is 5.91 Å². The van der Waals surface area contributed by atoms with E-state index < -0.39 is 0 Å². The highest BCUT2D eigenvalue weighted by Gasteiger charge is 2.22. The summed E-state index contributed by atoms with van der Waals surface area (Å²) in [6.07, 6.45) is 3.40. The summed E-state index contributed by atoms with van der Waals surface area (Å²) in [6.45, 7) is 4.71. The van der Waals surface area contributed by atoms with Crippen LogP contribution in [-0.4, -0.2) is 51.5 Å². The van der Waals surface area contributed by atoms with E-state index in [4.69, 9.17) is 5.26 Å². The number of aryl methyl sites for hydroxylation is 2. The number of pyridine rings is 1. The SMILES string of the molecule is Cc1cccc2c(=O)n(CCC(=O)N3CCN(c4cc(C#N)ccn4)CC3)cnc12. The lowest BCUT2D eigenvalue weighted by molar-refractivity contribution is -0.131. The van der Waals surface area contributed by atoms with E-state index in [2.05, 4.69) is 20.9 Å². The number of carbonyl (C=O) groups excluding carboxylic acids is 1. The Morgan fingerprint density at radius 3 is 2.73 bits per heavy atom. The molecule has 1 aliphatic rings. The molecule has 0 aliphatic carbocycles. The summed E-state index contributed by atoms with van der Waals surface area (Å²) in [6, 6.07) is 11.1. The normalized spacial score (nSPS) is 14.0. The zero-order valence-corrected chi connectivity index (χ0v) is 16.8. The van der Waals surface area contributed by atoms with Gasteiger partial charge >= 0.3 is 0 Å². The summed E-state index contributed by atoms with van der Waals surface area (Å²) in [4.78, 5) is 37.9. The van der Waals surface area contributed by atoms with Crippen molar-refractivity contribution in [2.75, 3.05) is 31.1 Å². The molecule has 0 atom stereocenters. The Kier molecular flexibility index (Phi) is 5.44. The monoisotopic (exact) mass is 402 g/mol. The maximum atomic E-state index is 12.7. The number of benzene rings is 1. The van der Waals surface area contributed by atoms with Gasteiger partial charge in [0.25, 0.3) is 5.56 Å². The van der Waals surface area contributed by atoms with Crippen LogP contribution in [-0.2, 0) is 11.3 Å². The number of hydrogen-bond acceptors (Lipinski definition) is 6. The van der Waals surface area contributed by atoms with Crippen LogP contribution in [0.5, 0.6) is 0 Å². The van der Waals surface area contributed by atoms with Gasteiger partial charge in [-0.05, 0) is 30.7 Å². The minimum atomic E-state index is -0.121. The Balaban J connectivity index is 1.37.